The second-order valence-corrected chi connectivity index (χ2v) is 6.41. The van der Waals surface area contributed by atoms with E-state index in [9.17, 15) is 9.90 Å². The molecule has 1 aliphatic carbocycles. The van der Waals surface area contributed by atoms with E-state index < -0.39 is 0 Å². The Morgan fingerprint density at radius 1 is 1.17 bits per heavy atom. The lowest BCUT2D eigenvalue weighted by Crippen LogP contribution is -2.03. The molecular weight excluding hydrogens is 298 g/mol. The van der Waals surface area contributed by atoms with E-state index in [1.807, 2.05) is 38.1 Å². The number of hydrogen-bond donors (Lipinski definition) is 1. The second-order valence-electron chi connectivity index (χ2n) is 6.41. The fourth-order valence-electron chi connectivity index (χ4n) is 3.33. The van der Waals surface area contributed by atoms with Crippen LogP contribution in [-0.4, -0.2) is 15.9 Å². The van der Waals surface area contributed by atoms with E-state index >= 15 is 0 Å². The van der Waals surface area contributed by atoms with Crippen LogP contribution in [0, 0.1) is 6.92 Å². The van der Waals surface area contributed by atoms with Crippen molar-refractivity contribution in [2.75, 3.05) is 0 Å². The first kappa shape index (κ1) is 16.4. The van der Waals surface area contributed by atoms with E-state index in [-0.39, 0.29) is 5.78 Å². The van der Waals surface area contributed by atoms with Crippen molar-refractivity contribution in [1.82, 2.24) is 4.98 Å². The number of phenolic OH excluding ortho intramolecular Hbond substituents is 1. The Labute approximate surface area is 143 Å². The number of nitrogens with zero attached hydrogens (tertiary/aromatic N) is 1. The van der Waals surface area contributed by atoms with Crippen LogP contribution >= 0.6 is 0 Å². The van der Waals surface area contributed by atoms with Gasteiger partial charge in [-0.15, -0.1) is 0 Å². The fraction of sp³-hybridized carbons (Fsp3) is 0.333. The number of pyridine rings is 1. The summed E-state index contributed by atoms with van der Waals surface area (Å²) in [5.74, 6) is 0.408. The number of benzene rings is 1. The number of allylic oxidation sites excluding steroid dienone is 2. The number of aryl methyl sites for hydroxylation is 1. The number of phenols is 1. The highest BCUT2D eigenvalue weighted by Crippen LogP contribution is 2.42. The molecule has 1 heterocycles. The number of hydrogen-bond acceptors (Lipinski definition) is 3. The van der Waals surface area contributed by atoms with Gasteiger partial charge in [0.25, 0.3) is 0 Å². The van der Waals surface area contributed by atoms with Crippen molar-refractivity contribution < 1.29 is 9.90 Å². The van der Waals surface area contributed by atoms with Gasteiger partial charge in [-0.1, -0.05) is 24.6 Å². The third-order valence-corrected chi connectivity index (χ3v) is 4.52. The molecule has 0 saturated carbocycles. The summed E-state index contributed by atoms with van der Waals surface area (Å²) in [6.07, 6.45) is 4.27. The van der Waals surface area contributed by atoms with Gasteiger partial charge >= 0.3 is 0 Å². The van der Waals surface area contributed by atoms with Crippen molar-refractivity contribution in [3.05, 3.63) is 58.9 Å². The van der Waals surface area contributed by atoms with Crippen molar-refractivity contribution in [2.45, 2.75) is 46.0 Å². The predicted molar refractivity (Wildman–Crippen MR) is 97.0 cm³/mol. The molecule has 2 aromatic rings. The molecule has 0 unspecified atom stereocenters. The monoisotopic (exact) mass is 321 g/mol. The molecule has 0 bridgehead atoms. The highest BCUT2D eigenvalue weighted by atomic mass is 16.3. The lowest BCUT2D eigenvalue weighted by Gasteiger charge is -2.11. The third-order valence-electron chi connectivity index (χ3n) is 4.52. The minimum absolute atomic E-state index is 0.0953. The van der Waals surface area contributed by atoms with E-state index in [4.69, 9.17) is 0 Å². The summed E-state index contributed by atoms with van der Waals surface area (Å²) in [7, 11) is 0. The summed E-state index contributed by atoms with van der Waals surface area (Å²) in [5, 5.41) is 10.3. The van der Waals surface area contributed by atoms with Crippen LogP contribution in [0.4, 0.5) is 0 Å². The molecule has 1 N–H and O–H groups in total. The molecule has 3 nitrogen and oxygen atoms in total. The fourth-order valence-corrected chi connectivity index (χ4v) is 3.33. The van der Waals surface area contributed by atoms with Crippen LogP contribution < -0.4 is 0 Å². The normalized spacial score (nSPS) is 14.2. The average Bonchev–Trinajstić information content (AvgIpc) is 3.07. The van der Waals surface area contributed by atoms with Gasteiger partial charge in [-0.3, -0.25) is 4.79 Å². The first-order valence-electron chi connectivity index (χ1n) is 8.62. The molecule has 0 spiro atoms. The first-order chi connectivity index (χ1) is 11.6. The van der Waals surface area contributed by atoms with Crippen molar-refractivity contribution in [3.63, 3.8) is 0 Å². The number of carbonyl (C=O) groups is 1. The Kier molecular flexibility index (Phi) is 4.79. The number of aromatic nitrogens is 1. The standard InChI is InChI=1S/C21H23NO2/c1-3-6-21(24)19-10-5-9-18(22-19)16-8-4-7-15(16)17-13-14(2)11-12-20(17)23/h5,9-13,23H,3-4,6-8H2,1-2H3. The van der Waals surface area contributed by atoms with Crippen LogP contribution in [0.3, 0.4) is 0 Å². The molecule has 1 aromatic heterocycles. The van der Waals surface area contributed by atoms with Crippen LogP contribution in [0.5, 0.6) is 5.75 Å². The van der Waals surface area contributed by atoms with Gasteiger partial charge in [-0.2, -0.15) is 0 Å². The quantitative estimate of drug-likeness (QED) is 0.773. The summed E-state index contributed by atoms with van der Waals surface area (Å²) in [6, 6.07) is 11.4. The van der Waals surface area contributed by atoms with Crippen LogP contribution in [0.25, 0.3) is 11.1 Å². The van der Waals surface area contributed by atoms with E-state index in [1.165, 1.54) is 0 Å². The van der Waals surface area contributed by atoms with Crippen molar-refractivity contribution in [1.29, 1.82) is 0 Å². The first-order valence-corrected chi connectivity index (χ1v) is 8.62. The number of Topliss-reactive ketones (excluding diaryl/α,β-unsaturated/α-hetero) is 1. The largest absolute Gasteiger partial charge is 0.507 e. The van der Waals surface area contributed by atoms with Gasteiger partial charge in [-0.05, 0) is 68.0 Å². The van der Waals surface area contributed by atoms with Crippen LogP contribution in [-0.2, 0) is 0 Å². The molecule has 1 aliphatic rings. The maximum Gasteiger partial charge on any atom is 0.181 e. The van der Waals surface area contributed by atoms with Gasteiger partial charge in [0.2, 0.25) is 0 Å². The van der Waals surface area contributed by atoms with Crippen LogP contribution in [0.2, 0.25) is 0 Å². The SMILES string of the molecule is CCCC(=O)c1cccc(C2=C(c3cc(C)ccc3O)CCC2)n1. The minimum Gasteiger partial charge on any atom is -0.507 e. The average molecular weight is 321 g/mol. The summed E-state index contributed by atoms with van der Waals surface area (Å²) >= 11 is 0. The maximum absolute atomic E-state index is 12.1. The summed E-state index contributed by atoms with van der Waals surface area (Å²) in [6.45, 7) is 4.03. The second kappa shape index (κ2) is 7.00. The zero-order chi connectivity index (χ0) is 17.1. The molecular formula is C21H23NO2. The molecule has 1 aromatic carbocycles. The van der Waals surface area contributed by atoms with E-state index in [2.05, 4.69) is 4.98 Å². The number of carbonyl (C=O) groups excluding carboxylic acids is 1. The lowest BCUT2D eigenvalue weighted by atomic mass is 9.97. The highest BCUT2D eigenvalue weighted by molar-refractivity contribution is 5.96. The van der Waals surface area contributed by atoms with Gasteiger partial charge in [0.05, 0.1) is 5.69 Å². The van der Waals surface area contributed by atoms with Crippen LogP contribution in [0.15, 0.2) is 36.4 Å². The maximum atomic E-state index is 12.1. The van der Waals surface area contributed by atoms with Crippen LogP contribution in [0.1, 0.15) is 66.3 Å². The Bertz CT molecular complexity index is 805. The summed E-state index contributed by atoms with van der Waals surface area (Å²) in [5.41, 5.74) is 5.74. The third kappa shape index (κ3) is 3.25. The molecule has 0 amide bonds. The minimum atomic E-state index is 0.0953. The Morgan fingerprint density at radius 3 is 2.75 bits per heavy atom. The van der Waals surface area contributed by atoms with Gasteiger partial charge in [0.15, 0.2) is 5.78 Å². The van der Waals surface area contributed by atoms with Crippen molar-refractivity contribution in [3.8, 4) is 5.75 Å². The molecule has 0 saturated heterocycles. The molecule has 24 heavy (non-hydrogen) atoms. The zero-order valence-electron chi connectivity index (χ0n) is 14.3. The molecule has 0 aliphatic heterocycles. The Morgan fingerprint density at radius 2 is 1.96 bits per heavy atom. The molecule has 3 heteroatoms. The highest BCUT2D eigenvalue weighted by Gasteiger charge is 2.21. The van der Waals surface area contributed by atoms with E-state index in [0.717, 1.165) is 53.7 Å². The van der Waals surface area contributed by atoms with Gasteiger partial charge in [0, 0.05) is 12.0 Å². The van der Waals surface area contributed by atoms with Gasteiger partial charge < -0.3 is 5.11 Å². The Balaban J connectivity index is 2.05. The van der Waals surface area contributed by atoms with Crippen molar-refractivity contribution >= 4 is 16.9 Å². The molecule has 124 valence electrons. The lowest BCUT2D eigenvalue weighted by molar-refractivity contribution is 0.0977. The Hall–Kier alpha value is -2.42. The van der Waals surface area contributed by atoms with E-state index in [0.29, 0.717) is 17.9 Å². The molecule has 0 radical (unpaired) electrons. The van der Waals surface area contributed by atoms with Crippen molar-refractivity contribution in [2.24, 2.45) is 0 Å². The summed E-state index contributed by atoms with van der Waals surface area (Å²) in [4.78, 5) is 16.8. The molecule has 0 atom stereocenters. The predicted octanol–water partition coefficient (Wildman–Crippen LogP) is 5.17. The van der Waals surface area contributed by atoms with Gasteiger partial charge in [0.1, 0.15) is 11.4 Å². The number of aromatic hydroxyl groups is 1. The number of rotatable bonds is 5. The van der Waals surface area contributed by atoms with E-state index in [1.54, 1.807) is 12.1 Å². The molecule has 0 fully saturated rings. The van der Waals surface area contributed by atoms with Gasteiger partial charge in [-0.25, -0.2) is 4.98 Å². The number of ketones is 1. The smallest absolute Gasteiger partial charge is 0.181 e. The summed E-state index contributed by atoms with van der Waals surface area (Å²) < 4.78 is 0. The zero-order valence-corrected chi connectivity index (χ0v) is 14.3. The topological polar surface area (TPSA) is 50.2 Å². The molecule has 3 rings (SSSR count).